The molecule has 1 aromatic rings. The molecule has 0 saturated heterocycles. The molecule has 0 fully saturated rings. The molecule has 0 aromatic carbocycles. The molecule has 0 aliphatic heterocycles. The van der Waals surface area contributed by atoms with Crippen LogP contribution in [0.25, 0.3) is 0 Å². The van der Waals surface area contributed by atoms with E-state index in [1.807, 2.05) is 25.5 Å². The Balaban J connectivity index is 2.43. The molecule has 0 spiro atoms. The quantitative estimate of drug-likeness (QED) is 0.673. The first-order chi connectivity index (χ1) is 9.11. The van der Waals surface area contributed by atoms with Crippen LogP contribution in [0.1, 0.15) is 28.7 Å². The van der Waals surface area contributed by atoms with Crippen molar-refractivity contribution in [2.75, 3.05) is 33.4 Å². The van der Waals surface area contributed by atoms with E-state index in [4.69, 9.17) is 4.74 Å². The largest absolute Gasteiger partial charge is 0.383 e. The average molecular weight is 268 g/mol. The van der Waals surface area contributed by atoms with E-state index in [2.05, 4.69) is 15.7 Å². The van der Waals surface area contributed by atoms with Gasteiger partial charge in [0.2, 0.25) is 0 Å². The molecule has 6 heteroatoms. The van der Waals surface area contributed by atoms with Gasteiger partial charge in [-0.25, -0.2) is 0 Å². The fourth-order valence-electron chi connectivity index (χ4n) is 1.99. The Labute approximate surface area is 114 Å². The van der Waals surface area contributed by atoms with Crippen LogP contribution in [0, 0.1) is 13.8 Å². The van der Waals surface area contributed by atoms with Crippen molar-refractivity contribution in [2.45, 2.75) is 27.3 Å². The summed E-state index contributed by atoms with van der Waals surface area (Å²) >= 11 is 0. The second kappa shape index (κ2) is 7.91. The number of ether oxygens (including phenoxy) is 1. The van der Waals surface area contributed by atoms with Crippen molar-refractivity contribution in [3.05, 3.63) is 17.0 Å². The van der Waals surface area contributed by atoms with E-state index in [9.17, 15) is 4.79 Å². The van der Waals surface area contributed by atoms with Gasteiger partial charge in [0.15, 0.2) is 0 Å². The fraction of sp³-hybridized carbons (Fsp3) is 0.692. The summed E-state index contributed by atoms with van der Waals surface area (Å²) in [6, 6.07) is 0. The van der Waals surface area contributed by atoms with Crippen LogP contribution in [0.2, 0.25) is 0 Å². The summed E-state index contributed by atoms with van der Waals surface area (Å²) in [6.07, 6.45) is 0. The lowest BCUT2D eigenvalue weighted by Crippen LogP contribution is -2.33. The molecule has 0 radical (unpaired) electrons. The molecule has 1 rings (SSSR count). The van der Waals surface area contributed by atoms with Crippen LogP contribution in [0.4, 0.5) is 0 Å². The van der Waals surface area contributed by atoms with Crippen molar-refractivity contribution in [1.82, 2.24) is 20.4 Å². The van der Waals surface area contributed by atoms with Gasteiger partial charge in [-0.2, -0.15) is 5.10 Å². The maximum Gasteiger partial charge on any atom is 0.255 e. The Kier molecular flexibility index (Phi) is 6.52. The number of rotatable bonds is 8. The lowest BCUT2D eigenvalue weighted by Gasteiger charge is -2.07. The predicted octanol–water partition coefficient (Wildman–Crippen LogP) is 0.486. The summed E-state index contributed by atoms with van der Waals surface area (Å²) in [5.41, 5.74) is 2.40. The molecule has 0 saturated carbocycles. The second-order valence-corrected chi connectivity index (χ2v) is 4.36. The summed E-state index contributed by atoms with van der Waals surface area (Å²) in [5, 5.41) is 10.4. The van der Waals surface area contributed by atoms with E-state index in [0.717, 1.165) is 31.0 Å². The zero-order chi connectivity index (χ0) is 14.3. The Morgan fingerprint density at radius 2 is 2.05 bits per heavy atom. The highest BCUT2D eigenvalue weighted by atomic mass is 16.5. The molecule has 0 aliphatic rings. The first-order valence-corrected chi connectivity index (χ1v) is 6.63. The van der Waals surface area contributed by atoms with Gasteiger partial charge in [0.25, 0.3) is 5.91 Å². The number of hydrogen-bond donors (Lipinski definition) is 2. The lowest BCUT2D eigenvalue weighted by molar-refractivity contribution is 0.0952. The molecular weight excluding hydrogens is 244 g/mol. The molecule has 19 heavy (non-hydrogen) atoms. The summed E-state index contributed by atoms with van der Waals surface area (Å²) in [4.78, 5) is 12.1. The molecule has 1 amide bonds. The Morgan fingerprint density at radius 3 is 2.63 bits per heavy atom. The Morgan fingerprint density at radius 1 is 1.32 bits per heavy atom. The monoisotopic (exact) mass is 268 g/mol. The van der Waals surface area contributed by atoms with Gasteiger partial charge in [-0.1, -0.05) is 0 Å². The van der Waals surface area contributed by atoms with Gasteiger partial charge < -0.3 is 15.4 Å². The van der Waals surface area contributed by atoms with Gasteiger partial charge >= 0.3 is 0 Å². The minimum absolute atomic E-state index is 0.0526. The maximum atomic E-state index is 12.1. The van der Waals surface area contributed by atoms with E-state index >= 15 is 0 Å². The molecule has 2 N–H and O–H groups in total. The third-order valence-corrected chi connectivity index (χ3v) is 2.98. The highest BCUT2D eigenvalue weighted by Gasteiger charge is 2.17. The summed E-state index contributed by atoms with van der Waals surface area (Å²) < 4.78 is 6.77. The first kappa shape index (κ1) is 15.7. The van der Waals surface area contributed by atoms with E-state index in [1.54, 1.807) is 7.11 Å². The van der Waals surface area contributed by atoms with Crippen molar-refractivity contribution in [1.29, 1.82) is 0 Å². The fourth-order valence-corrected chi connectivity index (χ4v) is 1.99. The standard InChI is InChI=1S/C13H24N4O2/c1-5-17-11(3)12(10(2)16-17)13(18)15-7-6-14-8-9-19-4/h14H,5-9H2,1-4H3,(H,15,18). The summed E-state index contributed by atoms with van der Waals surface area (Å²) in [6.45, 7) is 9.38. The third kappa shape index (κ3) is 4.33. The number of nitrogens with zero attached hydrogens (tertiary/aromatic N) is 2. The smallest absolute Gasteiger partial charge is 0.255 e. The Hall–Kier alpha value is -1.40. The average Bonchev–Trinajstić information content (AvgIpc) is 2.68. The molecule has 1 aromatic heterocycles. The predicted molar refractivity (Wildman–Crippen MR) is 74.5 cm³/mol. The number of aryl methyl sites for hydroxylation is 2. The Bertz CT molecular complexity index is 415. The minimum Gasteiger partial charge on any atom is -0.383 e. The van der Waals surface area contributed by atoms with Crippen LogP contribution in [-0.2, 0) is 11.3 Å². The van der Waals surface area contributed by atoms with Crippen LogP contribution >= 0.6 is 0 Å². The van der Waals surface area contributed by atoms with E-state index in [0.29, 0.717) is 18.7 Å². The number of aromatic nitrogens is 2. The highest BCUT2D eigenvalue weighted by Crippen LogP contribution is 2.12. The van der Waals surface area contributed by atoms with Crippen LogP contribution in [0.3, 0.4) is 0 Å². The van der Waals surface area contributed by atoms with Gasteiger partial charge in [0.1, 0.15) is 0 Å². The van der Waals surface area contributed by atoms with E-state index in [-0.39, 0.29) is 5.91 Å². The molecule has 108 valence electrons. The lowest BCUT2D eigenvalue weighted by atomic mass is 10.2. The van der Waals surface area contributed by atoms with E-state index in [1.165, 1.54) is 0 Å². The molecule has 0 unspecified atom stereocenters. The first-order valence-electron chi connectivity index (χ1n) is 6.63. The number of methoxy groups -OCH3 is 1. The van der Waals surface area contributed by atoms with Crippen molar-refractivity contribution in [2.24, 2.45) is 0 Å². The number of hydrogen-bond acceptors (Lipinski definition) is 4. The molecular formula is C13H24N4O2. The van der Waals surface area contributed by atoms with Gasteiger partial charge in [-0.3, -0.25) is 9.48 Å². The molecule has 0 atom stereocenters. The molecule has 0 aliphatic carbocycles. The third-order valence-electron chi connectivity index (χ3n) is 2.98. The van der Waals surface area contributed by atoms with Gasteiger partial charge in [0, 0.05) is 39.0 Å². The minimum atomic E-state index is -0.0526. The SMILES string of the molecule is CCn1nc(C)c(C(=O)NCCNCCOC)c1C. The van der Waals surface area contributed by atoms with Crippen LogP contribution in [-0.4, -0.2) is 49.0 Å². The van der Waals surface area contributed by atoms with E-state index < -0.39 is 0 Å². The second-order valence-electron chi connectivity index (χ2n) is 4.36. The molecule has 6 nitrogen and oxygen atoms in total. The van der Waals surface area contributed by atoms with Crippen LogP contribution < -0.4 is 10.6 Å². The number of carbonyl (C=O) groups is 1. The zero-order valence-corrected chi connectivity index (χ0v) is 12.2. The van der Waals surface area contributed by atoms with Crippen molar-refractivity contribution in [3.63, 3.8) is 0 Å². The summed E-state index contributed by atoms with van der Waals surface area (Å²) in [5.74, 6) is -0.0526. The zero-order valence-electron chi connectivity index (χ0n) is 12.2. The van der Waals surface area contributed by atoms with Crippen LogP contribution in [0.5, 0.6) is 0 Å². The van der Waals surface area contributed by atoms with Crippen LogP contribution in [0.15, 0.2) is 0 Å². The normalized spacial score (nSPS) is 10.7. The highest BCUT2D eigenvalue weighted by molar-refractivity contribution is 5.96. The number of amides is 1. The summed E-state index contributed by atoms with van der Waals surface area (Å²) in [7, 11) is 1.67. The van der Waals surface area contributed by atoms with Crippen molar-refractivity contribution < 1.29 is 9.53 Å². The van der Waals surface area contributed by atoms with Gasteiger partial charge in [-0.05, 0) is 20.8 Å². The number of nitrogens with one attached hydrogen (secondary N) is 2. The topological polar surface area (TPSA) is 68.2 Å². The van der Waals surface area contributed by atoms with Gasteiger partial charge in [-0.15, -0.1) is 0 Å². The van der Waals surface area contributed by atoms with Gasteiger partial charge in [0.05, 0.1) is 17.9 Å². The van der Waals surface area contributed by atoms with Crippen molar-refractivity contribution >= 4 is 5.91 Å². The molecule has 0 bridgehead atoms. The van der Waals surface area contributed by atoms with Crippen molar-refractivity contribution in [3.8, 4) is 0 Å². The maximum absolute atomic E-state index is 12.1. The molecule has 1 heterocycles. The number of carbonyl (C=O) groups excluding carboxylic acids is 1.